The van der Waals surface area contributed by atoms with E-state index in [2.05, 4.69) is 6.58 Å². The zero-order valence-corrected chi connectivity index (χ0v) is 7.69. The van der Waals surface area contributed by atoms with Gasteiger partial charge in [-0.15, -0.1) is 0 Å². The third-order valence-corrected chi connectivity index (χ3v) is 1.99. The van der Waals surface area contributed by atoms with Gasteiger partial charge in [0.2, 0.25) is 0 Å². The molecule has 0 spiro atoms. The third-order valence-electron chi connectivity index (χ3n) is 1.44. The van der Waals surface area contributed by atoms with E-state index in [9.17, 15) is 4.79 Å². The summed E-state index contributed by atoms with van der Waals surface area (Å²) in [4.78, 5) is 10.7. The lowest BCUT2D eigenvalue weighted by Crippen LogP contribution is -1.91. The Morgan fingerprint density at radius 3 is 2.42 bits per heavy atom. The van der Waals surface area contributed by atoms with Crippen molar-refractivity contribution >= 4 is 34.0 Å². The molecular formula is C9H6Cl2O. The Bertz CT molecular complexity index is 331. The summed E-state index contributed by atoms with van der Waals surface area (Å²) in [7, 11) is 0. The molecule has 0 heterocycles. The molecule has 0 aliphatic heterocycles. The number of rotatable bonds is 2. The first-order valence-electron chi connectivity index (χ1n) is 3.26. The summed E-state index contributed by atoms with van der Waals surface area (Å²) in [5.74, 6) is 0. The summed E-state index contributed by atoms with van der Waals surface area (Å²) in [5, 5.41) is -0.0976. The minimum atomic E-state index is -0.580. The van der Waals surface area contributed by atoms with E-state index in [1.54, 1.807) is 24.3 Å². The van der Waals surface area contributed by atoms with Crippen molar-refractivity contribution in [2.24, 2.45) is 0 Å². The van der Waals surface area contributed by atoms with Crippen molar-refractivity contribution in [2.75, 3.05) is 0 Å². The molecule has 1 nitrogen and oxygen atoms in total. The van der Waals surface area contributed by atoms with Crippen molar-refractivity contribution in [3.63, 3.8) is 0 Å². The van der Waals surface area contributed by atoms with E-state index in [-0.39, 0.29) is 5.57 Å². The van der Waals surface area contributed by atoms with E-state index in [4.69, 9.17) is 23.2 Å². The highest BCUT2D eigenvalue weighted by Crippen LogP contribution is 2.23. The average Bonchev–Trinajstić information content (AvgIpc) is 2.04. The monoisotopic (exact) mass is 200 g/mol. The molecule has 0 N–H and O–H groups in total. The summed E-state index contributed by atoms with van der Waals surface area (Å²) >= 11 is 11.0. The molecule has 0 aromatic heterocycles. The minimum absolute atomic E-state index is 0.224. The molecule has 0 aliphatic rings. The molecule has 1 aromatic rings. The van der Waals surface area contributed by atoms with Crippen LogP contribution in [0.5, 0.6) is 0 Å². The van der Waals surface area contributed by atoms with E-state index in [0.717, 1.165) is 0 Å². The molecule has 0 atom stereocenters. The summed E-state index contributed by atoms with van der Waals surface area (Å²) < 4.78 is 0. The number of benzene rings is 1. The molecule has 1 rings (SSSR count). The van der Waals surface area contributed by atoms with Gasteiger partial charge in [0.1, 0.15) is 0 Å². The van der Waals surface area contributed by atoms with E-state index in [1.165, 1.54) is 0 Å². The maximum Gasteiger partial charge on any atom is 0.252 e. The second kappa shape index (κ2) is 3.74. The lowest BCUT2D eigenvalue weighted by molar-refractivity contribution is -0.106. The first-order valence-corrected chi connectivity index (χ1v) is 4.02. The van der Waals surface area contributed by atoms with Gasteiger partial charge in [-0.2, -0.15) is 0 Å². The number of carbonyl (C=O) groups excluding carboxylic acids is 1. The van der Waals surface area contributed by atoms with Crippen LogP contribution in [0.2, 0.25) is 5.02 Å². The fourth-order valence-electron chi connectivity index (χ4n) is 0.812. The largest absolute Gasteiger partial charge is 0.276 e. The smallest absolute Gasteiger partial charge is 0.252 e. The second-order valence-electron chi connectivity index (χ2n) is 2.23. The van der Waals surface area contributed by atoms with Crippen LogP contribution in [0.25, 0.3) is 5.57 Å². The van der Waals surface area contributed by atoms with Crippen molar-refractivity contribution in [2.45, 2.75) is 0 Å². The Labute approximate surface area is 80.6 Å². The van der Waals surface area contributed by atoms with Gasteiger partial charge in [-0.25, -0.2) is 0 Å². The highest BCUT2D eigenvalue weighted by atomic mass is 35.5. The first-order chi connectivity index (χ1) is 5.63. The molecule has 62 valence electrons. The van der Waals surface area contributed by atoms with Crippen LogP contribution >= 0.6 is 23.2 Å². The van der Waals surface area contributed by atoms with E-state index in [1.807, 2.05) is 0 Å². The lowest BCUT2D eigenvalue weighted by atomic mass is 10.1. The summed E-state index contributed by atoms with van der Waals surface area (Å²) in [5.41, 5.74) is 0.807. The van der Waals surface area contributed by atoms with Crippen LogP contribution in [0, 0.1) is 0 Å². The molecule has 0 fully saturated rings. The Balaban J connectivity index is 3.11. The topological polar surface area (TPSA) is 17.1 Å². The third kappa shape index (κ3) is 1.87. The maximum atomic E-state index is 10.7. The average molecular weight is 201 g/mol. The summed E-state index contributed by atoms with van der Waals surface area (Å²) in [6, 6.07) is 6.93. The van der Waals surface area contributed by atoms with Gasteiger partial charge in [0, 0.05) is 16.2 Å². The normalized spacial score (nSPS) is 9.50. The van der Waals surface area contributed by atoms with Crippen molar-refractivity contribution in [1.82, 2.24) is 0 Å². The van der Waals surface area contributed by atoms with Crippen LogP contribution in [0.4, 0.5) is 0 Å². The molecule has 0 saturated heterocycles. The molecular weight excluding hydrogens is 195 g/mol. The van der Waals surface area contributed by atoms with Crippen molar-refractivity contribution < 1.29 is 4.79 Å². The van der Waals surface area contributed by atoms with Crippen molar-refractivity contribution in [3.8, 4) is 0 Å². The molecule has 0 radical (unpaired) electrons. The maximum absolute atomic E-state index is 10.7. The van der Waals surface area contributed by atoms with Crippen LogP contribution in [0.3, 0.4) is 0 Å². The molecule has 0 saturated carbocycles. The number of halogens is 2. The van der Waals surface area contributed by atoms with Gasteiger partial charge in [-0.1, -0.05) is 36.4 Å². The Hall–Kier alpha value is -0.790. The van der Waals surface area contributed by atoms with Gasteiger partial charge >= 0.3 is 0 Å². The Kier molecular flexibility index (Phi) is 2.90. The van der Waals surface area contributed by atoms with Gasteiger partial charge < -0.3 is 0 Å². The first kappa shape index (κ1) is 9.30. The minimum Gasteiger partial charge on any atom is -0.276 e. The van der Waals surface area contributed by atoms with Crippen LogP contribution in [0.15, 0.2) is 30.8 Å². The zero-order chi connectivity index (χ0) is 9.14. The predicted molar refractivity (Wildman–Crippen MR) is 51.3 cm³/mol. The molecule has 12 heavy (non-hydrogen) atoms. The number of allylic oxidation sites excluding steroid dienone is 1. The van der Waals surface area contributed by atoms with Crippen molar-refractivity contribution in [3.05, 3.63) is 41.4 Å². The number of hydrogen-bond donors (Lipinski definition) is 0. The number of carbonyl (C=O) groups is 1. The van der Waals surface area contributed by atoms with E-state index < -0.39 is 5.24 Å². The number of hydrogen-bond acceptors (Lipinski definition) is 1. The fourth-order valence-corrected chi connectivity index (χ4v) is 1.16. The molecule has 3 heteroatoms. The SMILES string of the molecule is C=C(C(=O)Cl)c1ccccc1Cl. The van der Waals surface area contributed by atoms with Crippen LogP contribution in [-0.2, 0) is 4.79 Å². The molecule has 0 aliphatic carbocycles. The van der Waals surface area contributed by atoms with Crippen LogP contribution in [-0.4, -0.2) is 5.24 Å². The quantitative estimate of drug-likeness (QED) is 0.530. The second-order valence-corrected chi connectivity index (χ2v) is 2.98. The Morgan fingerprint density at radius 2 is 1.92 bits per heavy atom. The standard InChI is InChI=1S/C9H6Cl2O/c1-6(9(11)12)7-4-2-3-5-8(7)10/h2-5H,1H2. The summed E-state index contributed by atoms with van der Waals surface area (Å²) in [6.45, 7) is 3.52. The fraction of sp³-hybridized carbons (Fsp3) is 0. The molecule has 0 bridgehead atoms. The zero-order valence-electron chi connectivity index (χ0n) is 6.18. The van der Waals surface area contributed by atoms with Gasteiger partial charge in [0.05, 0.1) is 0 Å². The predicted octanol–water partition coefficient (Wildman–Crippen LogP) is 3.12. The van der Waals surface area contributed by atoms with E-state index in [0.29, 0.717) is 10.6 Å². The van der Waals surface area contributed by atoms with Gasteiger partial charge in [-0.3, -0.25) is 4.79 Å². The van der Waals surface area contributed by atoms with Gasteiger partial charge in [-0.05, 0) is 17.7 Å². The highest BCUT2D eigenvalue weighted by Gasteiger charge is 2.08. The molecule has 1 aromatic carbocycles. The summed E-state index contributed by atoms with van der Waals surface area (Å²) in [6.07, 6.45) is 0. The lowest BCUT2D eigenvalue weighted by Gasteiger charge is -2.01. The van der Waals surface area contributed by atoms with Gasteiger partial charge in [0.15, 0.2) is 0 Å². The van der Waals surface area contributed by atoms with E-state index >= 15 is 0 Å². The highest BCUT2D eigenvalue weighted by molar-refractivity contribution is 6.74. The molecule has 0 amide bonds. The van der Waals surface area contributed by atoms with Crippen molar-refractivity contribution in [1.29, 1.82) is 0 Å². The van der Waals surface area contributed by atoms with Crippen LogP contribution in [0.1, 0.15) is 5.56 Å². The Morgan fingerprint density at radius 1 is 1.33 bits per heavy atom. The van der Waals surface area contributed by atoms with Gasteiger partial charge in [0.25, 0.3) is 5.24 Å². The molecule has 0 unspecified atom stereocenters. The van der Waals surface area contributed by atoms with Crippen LogP contribution < -0.4 is 0 Å².